The molecule has 62 valence electrons. The third-order valence-electron chi connectivity index (χ3n) is 1.69. The third-order valence-corrected chi connectivity index (χ3v) is 2.09. The minimum absolute atomic E-state index is 0.0663. The Morgan fingerprint density at radius 3 is 2.83 bits per heavy atom. The number of rotatable bonds is 1. The maximum Gasteiger partial charge on any atom is 0.142 e. The van der Waals surface area contributed by atoms with Crippen molar-refractivity contribution in [1.29, 1.82) is 5.26 Å². The molecule has 1 nitrogen and oxygen atoms in total. The zero-order valence-electron chi connectivity index (χ0n) is 6.56. The fourth-order valence-corrected chi connectivity index (χ4v) is 1.26. The maximum atomic E-state index is 12.8. The molecule has 0 aliphatic heterocycles. The molecule has 0 aromatic heterocycles. The van der Waals surface area contributed by atoms with E-state index >= 15 is 0 Å². The van der Waals surface area contributed by atoms with Crippen molar-refractivity contribution in [3.05, 3.63) is 34.1 Å². The van der Waals surface area contributed by atoms with Crippen LogP contribution in [-0.4, -0.2) is 0 Å². The van der Waals surface area contributed by atoms with E-state index in [0.717, 1.165) is 5.56 Å². The molecular weight excluding hydrogens is 177 g/mol. The molecule has 0 radical (unpaired) electrons. The number of hydrogen-bond acceptors (Lipinski definition) is 1. The summed E-state index contributed by atoms with van der Waals surface area (Å²) in [6.45, 7) is 1.80. The van der Waals surface area contributed by atoms with Gasteiger partial charge in [0.15, 0.2) is 0 Å². The number of halogens is 2. The van der Waals surface area contributed by atoms with Crippen LogP contribution >= 0.6 is 11.6 Å². The Balaban J connectivity index is 3.25. The van der Waals surface area contributed by atoms with E-state index in [1.807, 2.05) is 6.07 Å². The molecule has 0 aliphatic carbocycles. The first kappa shape index (κ1) is 9.02. The first-order valence-electron chi connectivity index (χ1n) is 3.47. The molecule has 0 amide bonds. The number of nitrogens with zero attached hydrogens (tertiary/aromatic N) is 1. The van der Waals surface area contributed by atoms with E-state index in [1.165, 1.54) is 6.07 Å². The summed E-state index contributed by atoms with van der Waals surface area (Å²) < 4.78 is 12.8. The van der Waals surface area contributed by atoms with Gasteiger partial charge in [0.05, 0.1) is 17.5 Å². The summed E-state index contributed by atoms with van der Waals surface area (Å²) in [6, 6.07) is 4.86. The molecule has 1 aromatic carbocycles. The summed E-state index contributed by atoms with van der Waals surface area (Å²) >= 11 is 5.65. The van der Waals surface area contributed by atoms with E-state index in [-0.39, 0.29) is 11.4 Å². The van der Waals surface area contributed by atoms with Crippen molar-refractivity contribution in [2.75, 3.05) is 0 Å². The molecule has 12 heavy (non-hydrogen) atoms. The van der Waals surface area contributed by atoms with Crippen molar-refractivity contribution in [2.45, 2.75) is 13.3 Å². The van der Waals surface area contributed by atoms with Gasteiger partial charge in [0.2, 0.25) is 0 Å². The molecule has 3 heteroatoms. The molecule has 0 bridgehead atoms. The van der Waals surface area contributed by atoms with Crippen LogP contribution in [0.5, 0.6) is 0 Å². The topological polar surface area (TPSA) is 23.8 Å². The van der Waals surface area contributed by atoms with Crippen LogP contribution in [0.4, 0.5) is 4.39 Å². The van der Waals surface area contributed by atoms with Gasteiger partial charge in [0.1, 0.15) is 5.82 Å². The van der Waals surface area contributed by atoms with Crippen LogP contribution in [0.2, 0.25) is 5.02 Å². The van der Waals surface area contributed by atoms with Crippen LogP contribution in [-0.2, 0) is 6.42 Å². The lowest BCUT2D eigenvalue weighted by molar-refractivity contribution is 0.626. The minimum atomic E-state index is -0.465. The highest BCUT2D eigenvalue weighted by atomic mass is 35.5. The first-order valence-corrected chi connectivity index (χ1v) is 3.85. The third kappa shape index (κ3) is 1.57. The van der Waals surface area contributed by atoms with E-state index in [4.69, 9.17) is 16.9 Å². The molecule has 0 fully saturated rings. The zero-order valence-corrected chi connectivity index (χ0v) is 7.32. The van der Waals surface area contributed by atoms with Crippen molar-refractivity contribution in [3.8, 4) is 6.07 Å². The number of benzene rings is 1. The van der Waals surface area contributed by atoms with Crippen LogP contribution in [0.25, 0.3) is 0 Å². The first-order chi connectivity index (χ1) is 5.66. The second-order valence-corrected chi connectivity index (χ2v) is 2.87. The fraction of sp³-hybridized carbons (Fsp3) is 0.222. The normalized spacial score (nSPS) is 9.50. The van der Waals surface area contributed by atoms with Crippen LogP contribution in [0.3, 0.4) is 0 Å². The largest absolute Gasteiger partial charge is 0.205 e. The Hall–Kier alpha value is -1.07. The van der Waals surface area contributed by atoms with Crippen LogP contribution in [0.1, 0.15) is 11.1 Å². The van der Waals surface area contributed by atoms with E-state index < -0.39 is 5.82 Å². The van der Waals surface area contributed by atoms with Gasteiger partial charge in [-0.1, -0.05) is 17.7 Å². The number of nitriles is 1. The van der Waals surface area contributed by atoms with E-state index in [1.54, 1.807) is 13.0 Å². The van der Waals surface area contributed by atoms with Crippen molar-refractivity contribution in [3.63, 3.8) is 0 Å². The SMILES string of the molecule is Cc1ccc(F)c(Cl)c1CC#N. The summed E-state index contributed by atoms with van der Waals surface area (Å²) in [4.78, 5) is 0. The van der Waals surface area contributed by atoms with Gasteiger partial charge in [-0.15, -0.1) is 0 Å². The van der Waals surface area contributed by atoms with E-state index in [2.05, 4.69) is 0 Å². The van der Waals surface area contributed by atoms with Gasteiger partial charge in [-0.05, 0) is 24.1 Å². The monoisotopic (exact) mass is 183 g/mol. The van der Waals surface area contributed by atoms with Crippen molar-refractivity contribution >= 4 is 11.6 Å². The summed E-state index contributed by atoms with van der Waals surface area (Å²) in [5.41, 5.74) is 1.43. The Morgan fingerprint density at radius 2 is 2.25 bits per heavy atom. The zero-order chi connectivity index (χ0) is 9.14. The minimum Gasteiger partial charge on any atom is -0.205 e. The lowest BCUT2D eigenvalue weighted by Crippen LogP contribution is -1.91. The Morgan fingerprint density at radius 1 is 1.58 bits per heavy atom. The van der Waals surface area contributed by atoms with Crippen molar-refractivity contribution in [1.82, 2.24) is 0 Å². The Kier molecular flexibility index (Phi) is 2.67. The molecule has 0 aliphatic rings. The lowest BCUT2D eigenvalue weighted by Gasteiger charge is -2.04. The predicted octanol–water partition coefficient (Wildman–Crippen LogP) is 2.85. The molecule has 0 unspecified atom stereocenters. The Bertz CT molecular complexity index is 341. The second-order valence-electron chi connectivity index (χ2n) is 2.49. The van der Waals surface area contributed by atoms with Crippen molar-refractivity contribution < 1.29 is 4.39 Å². The molecule has 0 saturated carbocycles. The number of hydrogen-bond donors (Lipinski definition) is 0. The van der Waals surface area contributed by atoms with E-state index in [9.17, 15) is 4.39 Å². The highest BCUT2D eigenvalue weighted by molar-refractivity contribution is 6.31. The molecule has 0 heterocycles. The van der Waals surface area contributed by atoms with Gasteiger partial charge >= 0.3 is 0 Å². The van der Waals surface area contributed by atoms with Crippen molar-refractivity contribution in [2.24, 2.45) is 0 Å². The van der Waals surface area contributed by atoms with Gasteiger partial charge in [-0.2, -0.15) is 5.26 Å². The van der Waals surface area contributed by atoms with Gasteiger partial charge in [0, 0.05) is 0 Å². The molecule has 1 rings (SSSR count). The highest BCUT2D eigenvalue weighted by Gasteiger charge is 2.07. The molecular formula is C9H7ClFN. The van der Waals surface area contributed by atoms with E-state index in [0.29, 0.717) is 5.56 Å². The number of aryl methyl sites for hydroxylation is 1. The van der Waals surface area contributed by atoms with Crippen LogP contribution in [0.15, 0.2) is 12.1 Å². The molecule has 0 atom stereocenters. The summed E-state index contributed by atoms with van der Waals surface area (Å²) in [7, 11) is 0. The smallest absolute Gasteiger partial charge is 0.142 e. The summed E-state index contributed by atoms with van der Waals surface area (Å²) in [6.07, 6.45) is 0.155. The fourth-order valence-electron chi connectivity index (χ4n) is 0.985. The van der Waals surface area contributed by atoms with Gasteiger partial charge in [0.25, 0.3) is 0 Å². The predicted molar refractivity (Wildman–Crippen MR) is 45.5 cm³/mol. The lowest BCUT2D eigenvalue weighted by atomic mass is 10.1. The Labute approximate surface area is 75.4 Å². The average Bonchev–Trinajstić information content (AvgIpc) is 2.06. The van der Waals surface area contributed by atoms with Gasteiger partial charge in [-0.25, -0.2) is 4.39 Å². The molecule has 0 saturated heterocycles. The standard InChI is InChI=1S/C9H7ClFN/c1-6-2-3-8(11)9(10)7(6)4-5-12/h2-3H,4H2,1H3. The van der Waals surface area contributed by atoms with Gasteiger partial charge < -0.3 is 0 Å². The van der Waals surface area contributed by atoms with Gasteiger partial charge in [-0.3, -0.25) is 0 Å². The molecule has 0 spiro atoms. The molecule has 0 N–H and O–H groups in total. The summed E-state index contributed by atoms with van der Waals surface area (Å²) in [5, 5.41) is 8.49. The van der Waals surface area contributed by atoms with Crippen LogP contribution < -0.4 is 0 Å². The second kappa shape index (κ2) is 3.55. The molecule has 1 aromatic rings. The summed E-state index contributed by atoms with van der Waals surface area (Å²) in [5.74, 6) is -0.465. The van der Waals surface area contributed by atoms with Crippen LogP contribution in [0, 0.1) is 24.1 Å². The average molecular weight is 184 g/mol. The maximum absolute atomic E-state index is 12.8. The highest BCUT2D eigenvalue weighted by Crippen LogP contribution is 2.23. The quantitative estimate of drug-likeness (QED) is 0.657.